The molecule has 1 amide bonds. The molecule has 0 bridgehead atoms. The summed E-state index contributed by atoms with van der Waals surface area (Å²) in [5.74, 6) is -3.69. The quantitative estimate of drug-likeness (QED) is 0.750. The zero-order chi connectivity index (χ0) is 13.1. The molecule has 0 fully saturated rings. The van der Waals surface area contributed by atoms with Gasteiger partial charge in [-0.3, -0.25) is 4.79 Å². The van der Waals surface area contributed by atoms with Gasteiger partial charge in [0.2, 0.25) is 0 Å². The summed E-state index contributed by atoms with van der Waals surface area (Å²) in [6.45, 7) is -1.59. The van der Waals surface area contributed by atoms with Crippen LogP contribution in [0.5, 0.6) is 0 Å². The first-order valence-electron chi connectivity index (χ1n) is 4.67. The van der Waals surface area contributed by atoms with Crippen molar-refractivity contribution in [3.8, 4) is 0 Å². The summed E-state index contributed by atoms with van der Waals surface area (Å²) in [5.41, 5.74) is 5.13. The van der Waals surface area contributed by atoms with Crippen LogP contribution < -0.4 is 11.1 Å². The Morgan fingerprint density at radius 2 is 2.11 bits per heavy atom. The first-order chi connectivity index (χ1) is 7.85. The fourth-order valence-electron chi connectivity index (χ4n) is 1.05. The van der Waals surface area contributed by atoms with Crippen molar-refractivity contribution in [3.05, 3.63) is 32.4 Å². The molecule has 8 heteroatoms. The molecule has 1 rings (SSSR count). The fourth-order valence-corrected chi connectivity index (χ4v) is 1.80. The van der Waals surface area contributed by atoms with Crippen LogP contribution in [0, 0.1) is 3.57 Å². The number of hydrogen-bond donors (Lipinski definition) is 2. The minimum absolute atomic E-state index is 0. The van der Waals surface area contributed by atoms with Crippen molar-refractivity contribution < 1.29 is 13.6 Å². The van der Waals surface area contributed by atoms with E-state index in [1.807, 2.05) is 22.6 Å². The van der Waals surface area contributed by atoms with E-state index in [9.17, 15) is 13.6 Å². The maximum atomic E-state index is 12.8. The molecular formula is C10H11Cl2F2IN2O. The zero-order valence-corrected chi connectivity index (χ0v) is 12.8. The predicted molar refractivity (Wildman–Crippen MR) is 77.8 cm³/mol. The molecule has 0 saturated heterocycles. The van der Waals surface area contributed by atoms with Crippen molar-refractivity contribution in [3.63, 3.8) is 0 Å². The lowest BCUT2D eigenvalue weighted by molar-refractivity contribution is 0.0118. The van der Waals surface area contributed by atoms with Crippen LogP contribution in [0.15, 0.2) is 18.2 Å². The molecule has 3 nitrogen and oxygen atoms in total. The van der Waals surface area contributed by atoms with Crippen molar-refractivity contribution in [2.45, 2.75) is 5.92 Å². The Hall–Kier alpha value is -0.180. The molecule has 0 radical (unpaired) electrons. The van der Waals surface area contributed by atoms with Crippen molar-refractivity contribution in [1.29, 1.82) is 0 Å². The normalized spacial score (nSPS) is 10.7. The SMILES string of the molecule is Cl.NCC(F)(F)CNC(=O)c1cc(Cl)ccc1I. The number of carbonyl (C=O) groups excluding carboxylic acids is 1. The van der Waals surface area contributed by atoms with Gasteiger partial charge >= 0.3 is 0 Å². The van der Waals surface area contributed by atoms with Gasteiger partial charge in [0.25, 0.3) is 11.8 Å². The molecule has 1 aromatic rings. The molecular weight excluding hydrogens is 400 g/mol. The lowest BCUT2D eigenvalue weighted by Crippen LogP contribution is -2.41. The maximum Gasteiger partial charge on any atom is 0.277 e. The topological polar surface area (TPSA) is 55.1 Å². The zero-order valence-electron chi connectivity index (χ0n) is 9.05. The third-order valence-electron chi connectivity index (χ3n) is 1.98. The van der Waals surface area contributed by atoms with E-state index >= 15 is 0 Å². The van der Waals surface area contributed by atoms with Gasteiger partial charge < -0.3 is 11.1 Å². The minimum atomic E-state index is -3.10. The Morgan fingerprint density at radius 3 is 2.67 bits per heavy atom. The van der Waals surface area contributed by atoms with Crippen molar-refractivity contribution in [1.82, 2.24) is 5.32 Å². The van der Waals surface area contributed by atoms with Gasteiger partial charge in [-0.15, -0.1) is 12.4 Å². The fraction of sp³-hybridized carbons (Fsp3) is 0.300. The Balaban J connectivity index is 0.00000289. The van der Waals surface area contributed by atoms with Crippen LogP contribution in [0.2, 0.25) is 5.02 Å². The largest absolute Gasteiger partial charge is 0.346 e. The molecule has 0 atom stereocenters. The highest BCUT2D eigenvalue weighted by Crippen LogP contribution is 2.18. The summed E-state index contributed by atoms with van der Waals surface area (Å²) in [4.78, 5) is 11.6. The molecule has 0 aromatic heterocycles. The Kier molecular flexibility index (Phi) is 7.34. The second-order valence-electron chi connectivity index (χ2n) is 3.37. The number of nitrogens with one attached hydrogen (secondary N) is 1. The minimum Gasteiger partial charge on any atom is -0.346 e. The maximum absolute atomic E-state index is 12.8. The van der Waals surface area contributed by atoms with Gasteiger partial charge in [0, 0.05) is 8.59 Å². The van der Waals surface area contributed by atoms with Crippen LogP contribution in [0.4, 0.5) is 8.78 Å². The first-order valence-corrected chi connectivity index (χ1v) is 6.12. The lowest BCUT2D eigenvalue weighted by atomic mass is 10.2. The Morgan fingerprint density at radius 1 is 1.50 bits per heavy atom. The number of hydrogen-bond acceptors (Lipinski definition) is 2. The predicted octanol–water partition coefficient (Wildman–Crippen LogP) is 2.69. The number of rotatable bonds is 4. The lowest BCUT2D eigenvalue weighted by Gasteiger charge is -2.15. The molecule has 0 unspecified atom stereocenters. The molecule has 0 aliphatic carbocycles. The highest BCUT2D eigenvalue weighted by molar-refractivity contribution is 14.1. The van der Waals surface area contributed by atoms with E-state index < -0.39 is 24.9 Å². The molecule has 0 aliphatic rings. The highest BCUT2D eigenvalue weighted by Gasteiger charge is 2.27. The smallest absolute Gasteiger partial charge is 0.277 e. The Labute approximate surface area is 128 Å². The molecule has 102 valence electrons. The van der Waals surface area contributed by atoms with E-state index in [0.717, 1.165) is 0 Å². The summed E-state index contributed by atoms with van der Waals surface area (Å²) in [6.07, 6.45) is 0. The van der Waals surface area contributed by atoms with Gasteiger partial charge in [-0.25, -0.2) is 8.78 Å². The van der Waals surface area contributed by atoms with Crippen molar-refractivity contribution in [2.75, 3.05) is 13.1 Å². The number of benzene rings is 1. The van der Waals surface area contributed by atoms with Crippen LogP contribution in [0.1, 0.15) is 10.4 Å². The standard InChI is InChI=1S/C10H10ClF2IN2O.ClH/c11-6-1-2-8(14)7(3-6)9(17)16-5-10(12,13)4-15;/h1-3H,4-5,15H2,(H,16,17);1H. The third kappa shape index (κ3) is 5.21. The van der Waals surface area contributed by atoms with Crippen molar-refractivity contribution >= 4 is 52.5 Å². The molecule has 18 heavy (non-hydrogen) atoms. The van der Waals surface area contributed by atoms with Gasteiger partial charge in [0.15, 0.2) is 0 Å². The van der Waals surface area contributed by atoms with Crippen molar-refractivity contribution in [2.24, 2.45) is 5.73 Å². The van der Waals surface area contributed by atoms with E-state index in [4.69, 9.17) is 17.3 Å². The summed E-state index contributed by atoms with van der Waals surface area (Å²) in [5, 5.41) is 2.50. The molecule has 0 saturated carbocycles. The number of carbonyl (C=O) groups is 1. The summed E-state index contributed by atoms with van der Waals surface area (Å²) < 4.78 is 26.3. The second-order valence-corrected chi connectivity index (χ2v) is 4.97. The summed E-state index contributed by atoms with van der Waals surface area (Å²) >= 11 is 7.66. The van der Waals surface area contributed by atoms with E-state index in [0.29, 0.717) is 8.59 Å². The van der Waals surface area contributed by atoms with Gasteiger partial charge in [-0.2, -0.15) is 0 Å². The highest BCUT2D eigenvalue weighted by atomic mass is 127. The number of halogens is 5. The van der Waals surface area contributed by atoms with Crippen LogP contribution in [-0.2, 0) is 0 Å². The molecule has 0 heterocycles. The number of alkyl halides is 2. The second kappa shape index (κ2) is 7.42. The number of nitrogens with two attached hydrogens (primary N) is 1. The van der Waals surface area contributed by atoms with Gasteiger partial charge in [-0.05, 0) is 40.8 Å². The molecule has 3 N–H and O–H groups in total. The molecule has 1 aromatic carbocycles. The van der Waals surface area contributed by atoms with Gasteiger partial charge in [0.1, 0.15) is 0 Å². The molecule has 0 aliphatic heterocycles. The van der Waals surface area contributed by atoms with Crippen LogP contribution in [0.3, 0.4) is 0 Å². The van der Waals surface area contributed by atoms with E-state index in [-0.39, 0.29) is 18.0 Å². The average Bonchev–Trinajstić information content (AvgIpc) is 2.29. The monoisotopic (exact) mass is 410 g/mol. The van der Waals surface area contributed by atoms with E-state index in [2.05, 4.69) is 5.32 Å². The van der Waals surface area contributed by atoms with Crippen LogP contribution >= 0.6 is 46.6 Å². The summed E-state index contributed by atoms with van der Waals surface area (Å²) in [6, 6.07) is 4.69. The number of amides is 1. The summed E-state index contributed by atoms with van der Waals surface area (Å²) in [7, 11) is 0. The van der Waals surface area contributed by atoms with Crippen LogP contribution in [-0.4, -0.2) is 24.9 Å². The average molecular weight is 411 g/mol. The first kappa shape index (κ1) is 17.8. The third-order valence-corrected chi connectivity index (χ3v) is 3.16. The molecule has 0 spiro atoms. The van der Waals surface area contributed by atoms with E-state index in [1.54, 1.807) is 12.1 Å². The Bertz CT molecular complexity index is 432. The van der Waals surface area contributed by atoms with E-state index in [1.165, 1.54) is 6.07 Å². The van der Waals surface area contributed by atoms with Gasteiger partial charge in [-0.1, -0.05) is 11.6 Å². The van der Waals surface area contributed by atoms with Gasteiger partial charge in [0.05, 0.1) is 18.7 Å². The van der Waals surface area contributed by atoms with Crippen LogP contribution in [0.25, 0.3) is 0 Å².